The number of alkyl halides is 1. The van der Waals surface area contributed by atoms with Crippen molar-refractivity contribution in [3.8, 4) is 6.07 Å². The maximum Gasteiger partial charge on any atom is 0.0669 e. The van der Waals surface area contributed by atoms with Crippen molar-refractivity contribution in [2.24, 2.45) is 0 Å². The Bertz CT molecular complexity index is 529. The maximum absolute atomic E-state index is 8.27. The van der Waals surface area contributed by atoms with E-state index in [-0.39, 0.29) is 0 Å². The van der Waals surface area contributed by atoms with E-state index in [0.717, 1.165) is 12.0 Å². The van der Waals surface area contributed by atoms with Crippen LogP contribution in [0.3, 0.4) is 0 Å². The smallest absolute Gasteiger partial charge is 0.0669 e. The molecule has 0 bridgehead atoms. The highest BCUT2D eigenvalue weighted by atomic mass is 35.5. The van der Waals surface area contributed by atoms with E-state index in [1.54, 1.807) is 0 Å². The van der Waals surface area contributed by atoms with E-state index in [2.05, 4.69) is 31.2 Å². The number of hydrogen-bond donors (Lipinski definition) is 0. The number of halogens is 1. The third kappa shape index (κ3) is 5.91. The predicted molar refractivity (Wildman–Crippen MR) is 85.8 cm³/mol. The highest BCUT2D eigenvalue weighted by molar-refractivity contribution is 6.17. The fourth-order valence-corrected chi connectivity index (χ4v) is 2.15. The summed E-state index contributed by atoms with van der Waals surface area (Å²) in [4.78, 5) is 0. The molecule has 0 aromatic heterocycles. The summed E-state index contributed by atoms with van der Waals surface area (Å²) in [6.45, 7) is 2.19. The van der Waals surface area contributed by atoms with Gasteiger partial charge in [-0.1, -0.05) is 67.9 Å². The molecule has 0 aliphatic rings. The number of benzene rings is 2. The van der Waals surface area contributed by atoms with E-state index in [9.17, 15) is 0 Å². The lowest BCUT2D eigenvalue weighted by Crippen LogP contribution is -1.89. The Labute approximate surface area is 126 Å². The summed E-state index contributed by atoms with van der Waals surface area (Å²) < 4.78 is 0. The fraction of sp³-hybridized carbons (Fsp3) is 0.278. The van der Waals surface area contributed by atoms with Crippen molar-refractivity contribution in [3.63, 3.8) is 0 Å². The van der Waals surface area contributed by atoms with E-state index in [4.69, 9.17) is 16.9 Å². The average molecular weight is 286 g/mol. The quantitative estimate of drug-likeness (QED) is 0.714. The van der Waals surface area contributed by atoms with Crippen LogP contribution < -0.4 is 0 Å². The molecule has 0 spiro atoms. The first-order valence-corrected chi connectivity index (χ1v) is 7.38. The van der Waals surface area contributed by atoms with E-state index in [1.807, 2.05) is 36.4 Å². The zero-order valence-corrected chi connectivity index (χ0v) is 12.6. The first-order valence-electron chi connectivity index (χ1n) is 6.85. The minimum Gasteiger partial charge on any atom is -0.198 e. The van der Waals surface area contributed by atoms with Gasteiger partial charge in [-0.2, -0.15) is 5.26 Å². The third-order valence-corrected chi connectivity index (χ3v) is 3.20. The Morgan fingerprint density at radius 1 is 0.950 bits per heavy atom. The van der Waals surface area contributed by atoms with Gasteiger partial charge in [0.2, 0.25) is 0 Å². The molecule has 2 aromatic rings. The van der Waals surface area contributed by atoms with Gasteiger partial charge in [0.25, 0.3) is 0 Å². The Morgan fingerprint density at radius 2 is 1.55 bits per heavy atom. The molecule has 0 saturated carbocycles. The number of nitriles is 1. The number of hydrogen-bond acceptors (Lipinski definition) is 1. The summed E-state index contributed by atoms with van der Waals surface area (Å²) in [5.41, 5.74) is 3.75. The molecule has 2 heteroatoms. The highest BCUT2D eigenvalue weighted by Crippen LogP contribution is 2.12. The molecule has 0 saturated heterocycles. The topological polar surface area (TPSA) is 23.8 Å². The van der Waals surface area contributed by atoms with Gasteiger partial charge >= 0.3 is 0 Å². The van der Waals surface area contributed by atoms with Crippen LogP contribution in [0.25, 0.3) is 0 Å². The summed E-state index contributed by atoms with van der Waals surface area (Å²) in [5.74, 6) is 0.635. The summed E-state index contributed by atoms with van der Waals surface area (Å²) >= 11 is 5.77. The summed E-state index contributed by atoms with van der Waals surface area (Å²) in [5, 5.41) is 8.27. The van der Waals surface area contributed by atoms with Gasteiger partial charge in [0.05, 0.1) is 12.5 Å². The Morgan fingerprint density at radius 3 is 2.10 bits per heavy atom. The Balaban J connectivity index is 0.000000204. The van der Waals surface area contributed by atoms with E-state index in [0.29, 0.717) is 12.3 Å². The molecule has 0 unspecified atom stereocenters. The summed E-state index contributed by atoms with van der Waals surface area (Å²) in [7, 11) is 0. The highest BCUT2D eigenvalue weighted by Gasteiger charge is 1.97. The van der Waals surface area contributed by atoms with Crippen molar-refractivity contribution in [1.29, 1.82) is 5.26 Å². The van der Waals surface area contributed by atoms with Crippen LogP contribution in [0.4, 0.5) is 0 Å². The number of aryl methyl sites for hydroxylation is 1. The van der Waals surface area contributed by atoms with Gasteiger partial charge in [0.15, 0.2) is 0 Å². The average Bonchev–Trinajstić information content (AvgIpc) is 2.50. The van der Waals surface area contributed by atoms with Gasteiger partial charge < -0.3 is 0 Å². The lowest BCUT2D eigenvalue weighted by molar-refractivity contribution is 0.910. The Kier molecular flexibility index (Phi) is 8.19. The van der Waals surface area contributed by atoms with E-state index in [1.165, 1.54) is 17.5 Å². The number of rotatable bonds is 4. The molecule has 0 aliphatic heterocycles. The minimum absolute atomic E-state index is 0.515. The predicted octanol–water partition coefficient (Wildman–Crippen LogP) is 5.13. The summed E-state index contributed by atoms with van der Waals surface area (Å²) in [6.07, 6.45) is 2.84. The van der Waals surface area contributed by atoms with Crippen molar-refractivity contribution in [1.82, 2.24) is 0 Å². The molecule has 2 rings (SSSR count). The van der Waals surface area contributed by atoms with Crippen LogP contribution in [0.5, 0.6) is 0 Å². The molecule has 0 fully saturated rings. The Hall–Kier alpha value is -1.78. The standard InChI is InChI=1S/C10H13Cl.C8H7N/c1-2-5-9-6-3-4-7-10(9)8-11;9-7-6-8-4-2-1-3-5-8/h3-4,6-7H,2,5,8H2,1H3;1-5H,6H2. The van der Waals surface area contributed by atoms with Gasteiger partial charge in [0.1, 0.15) is 0 Å². The molecule has 104 valence electrons. The largest absolute Gasteiger partial charge is 0.198 e. The van der Waals surface area contributed by atoms with Crippen molar-refractivity contribution in [3.05, 3.63) is 71.3 Å². The molecular weight excluding hydrogens is 266 g/mol. The van der Waals surface area contributed by atoms with E-state index >= 15 is 0 Å². The number of nitrogens with zero attached hydrogens (tertiary/aromatic N) is 1. The molecule has 0 atom stereocenters. The lowest BCUT2D eigenvalue weighted by atomic mass is 10.1. The first-order chi connectivity index (χ1) is 9.81. The maximum atomic E-state index is 8.27. The monoisotopic (exact) mass is 285 g/mol. The molecular formula is C18H20ClN. The first kappa shape index (κ1) is 16.3. The molecule has 0 N–H and O–H groups in total. The zero-order chi connectivity index (χ0) is 14.6. The van der Waals surface area contributed by atoms with Crippen molar-refractivity contribution < 1.29 is 0 Å². The van der Waals surface area contributed by atoms with Gasteiger partial charge in [-0.05, 0) is 23.1 Å². The van der Waals surface area contributed by atoms with Crippen LogP contribution in [-0.4, -0.2) is 0 Å². The zero-order valence-electron chi connectivity index (χ0n) is 11.8. The second-order valence-corrected chi connectivity index (χ2v) is 4.74. The van der Waals surface area contributed by atoms with Crippen molar-refractivity contribution in [2.75, 3.05) is 0 Å². The molecule has 2 aromatic carbocycles. The van der Waals surface area contributed by atoms with E-state index < -0.39 is 0 Å². The van der Waals surface area contributed by atoms with Gasteiger partial charge in [-0.3, -0.25) is 0 Å². The fourth-order valence-electron chi connectivity index (χ4n) is 1.89. The van der Waals surface area contributed by atoms with Crippen LogP contribution in [0.2, 0.25) is 0 Å². The SMILES string of the molecule is CCCc1ccccc1CCl.N#CCc1ccccc1. The van der Waals surface area contributed by atoms with Gasteiger partial charge in [-0.25, -0.2) is 0 Å². The lowest BCUT2D eigenvalue weighted by Gasteiger charge is -2.03. The minimum atomic E-state index is 0.515. The molecule has 20 heavy (non-hydrogen) atoms. The van der Waals surface area contributed by atoms with Crippen LogP contribution in [0.15, 0.2) is 54.6 Å². The molecule has 1 nitrogen and oxygen atoms in total. The van der Waals surface area contributed by atoms with Gasteiger partial charge in [-0.15, -0.1) is 11.6 Å². The van der Waals surface area contributed by atoms with Gasteiger partial charge in [0, 0.05) is 5.88 Å². The second-order valence-electron chi connectivity index (χ2n) is 4.47. The second kappa shape index (κ2) is 10.1. The normalized spacial score (nSPS) is 9.25. The van der Waals surface area contributed by atoms with Crippen LogP contribution in [-0.2, 0) is 18.7 Å². The van der Waals surface area contributed by atoms with Crippen LogP contribution >= 0.6 is 11.6 Å². The third-order valence-electron chi connectivity index (χ3n) is 2.91. The van der Waals surface area contributed by atoms with Crippen molar-refractivity contribution in [2.45, 2.75) is 32.1 Å². The molecule has 0 radical (unpaired) electrons. The molecule has 0 heterocycles. The summed E-state index contributed by atoms with van der Waals surface area (Å²) in [6, 6.07) is 20.2. The molecule has 0 amide bonds. The van der Waals surface area contributed by atoms with Crippen LogP contribution in [0, 0.1) is 11.3 Å². The van der Waals surface area contributed by atoms with Crippen LogP contribution in [0.1, 0.15) is 30.0 Å². The van der Waals surface area contributed by atoms with Crippen molar-refractivity contribution >= 4 is 11.6 Å². The molecule has 0 aliphatic carbocycles.